The van der Waals surface area contributed by atoms with Crippen LogP contribution in [-0.4, -0.2) is 56.0 Å². The number of amides is 1. The van der Waals surface area contributed by atoms with Crippen molar-refractivity contribution in [3.8, 4) is 0 Å². The molecule has 4 heterocycles. The number of hydrogen-bond acceptors (Lipinski definition) is 5. The first-order chi connectivity index (χ1) is 20.3. The summed E-state index contributed by atoms with van der Waals surface area (Å²) in [5.41, 5.74) is 9.67. The first-order valence-corrected chi connectivity index (χ1v) is 15.4. The maximum Gasteiger partial charge on any atom is 0.329 e. The molecule has 8 nitrogen and oxygen atoms in total. The summed E-state index contributed by atoms with van der Waals surface area (Å²) in [7, 11) is 0. The van der Waals surface area contributed by atoms with Crippen LogP contribution in [0.2, 0.25) is 10.0 Å². The van der Waals surface area contributed by atoms with Gasteiger partial charge >= 0.3 is 5.69 Å². The highest BCUT2D eigenvalue weighted by molar-refractivity contribution is 6.42. The topological polar surface area (TPSA) is 89.4 Å². The van der Waals surface area contributed by atoms with E-state index in [2.05, 4.69) is 9.88 Å². The molecule has 2 aromatic heterocycles. The molecule has 220 valence electrons. The molecule has 1 atom stereocenters. The lowest BCUT2D eigenvalue weighted by molar-refractivity contribution is -0.138. The van der Waals surface area contributed by atoms with Crippen molar-refractivity contribution in [1.29, 1.82) is 0 Å². The molecule has 42 heavy (non-hydrogen) atoms. The third-order valence-corrected chi connectivity index (χ3v) is 9.70. The quantitative estimate of drug-likeness (QED) is 0.301. The summed E-state index contributed by atoms with van der Waals surface area (Å²) < 4.78 is 3.79. The zero-order valence-corrected chi connectivity index (χ0v) is 25.3. The summed E-state index contributed by atoms with van der Waals surface area (Å²) in [5.74, 6) is 0.843. The number of aromatic nitrogens is 3. The lowest BCUT2D eigenvalue weighted by atomic mass is 9.93. The van der Waals surface area contributed by atoms with Crippen LogP contribution in [0, 0.1) is 5.92 Å². The van der Waals surface area contributed by atoms with Gasteiger partial charge in [-0.05, 0) is 93.2 Å². The Labute approximate surface area is 255 Å². The van der Waals surface area contributed by atoms with Crippen LogP contribution in [0.3, 0.4) is 0 Å². The molecule has 1 unspecified atom stereocenters. The molecule has 10 heteroatoms. The molecule has 6 rings (SSSR count). The number of imidazole rings is 1. The first-order valence-electron chi connectivity index (χ1n) is 14.7. The summed E-state index contributed by atoms with van der Waals surface area (Å²) in [6.45, 7) is 5.94. The summed E-state index contributed by atoms with van der Waals surface area (Å²) >= 11 is 12.5. The Morgan fingerprint density at radius 3 is 2.36 bits per heavy atom. The number of fused-ring (bicyclic) bond motifs is 1. The Morgan fingerprint density at radius 2 is 1.67 bits per heavy atom. The van der Waals surface area contributed by atoms with E-state index in [0.717, 1.165) is 67.5 Å². The van der Waals surface area contributed by atoms with Crippen LogP contribution in [0.15, 0.2) is 65.6 Å². The van der Waals surface area contributed by atoms with Crippen LogP contribution >= 0.6 is 23.2 Å². The van der Waals surface area contributed by atoms with Crippen LogP contribution in [0.1, 0.15) is 55.8 Å². The molecule has 2 aromatic carbocycles. The monoisotopic (exact) mass is 606 g/mol. The average molecular weight is 608 g/mol. The minimum absolute atomic E-state index is 0.0309. The smallest absolute Gasteiger partial charge is 0.329 e. The Morgan fingerprint density at radius 1 is 0.952 bits per heavy atom. The molecule has 0 spiro atoms. The maximum absolute atomic E-state index is 14.0. The molecule has 0 radical (unpaired) electrons. The van der Waals surface area contributed by atoms with E-state index in [9.17, 15) is 9.59 Å². The summed E-state index contributed by atoms with van der Waals surface area (Å²) in [6, 6.07) is 17.2. The second kappa shape index (κ2) is 12.1. The van der Waals surface area contributed by atoms with Gasteiger partial charge in [-0.1, -0.05) is 41.4 Å². The van der Waals surface area contributed by atoms with Gasteiger partial charge in [-0.15, -0.1) is 0 Å². The van der Waals surface area contributed by atoms with Crippen LogP contribution in [0.25, 0.3) is 11.0 Å². The van der Waals surface area contributed by atoms with Gasteiger partial charge in [0.2, 0.25) is 5.91 Å². The van der Waals surface area contributed by atoms with Crippen LogP contribution in [0.4, 0.5) is 5.82 Å². The van der Waals surface area contributed by atoms with Gasteiger partial charge in [0.25, 0.3) is 0 Å². The number of para-hydroxylation sites is 2. The number of pyridine rings is 1. The SMILES string of the molecule is CC(c1ccc(Cl)c(Cl)c1)n1c(=O)n(C2CCN(C(=O)C3CCN(Cc4ccnc(N)c4)CC3)CC2)c2ccccc21. The summed E-state index contributed by atoms with van der Waals surface area (Å²) in [5, 5.41) is 0.962. The standard InChI is InChI=1S/C32H36Cl2N6O2/c1-21(24-6-7-26(33)27(34)19-24)39-28-4-2-3-5-29(28)40(32(39)42)25-11-16-38(17-12-25)31(41)23-9-14-37(15-10-23)20-22-8-13-36-30(35)18-22/h2-8,13,18-19,21,23,25H,9-12,14-17,20H2,1H3,(H2,35,36). The van der Waals surface area contributed by atoms with Gasteiger partial charge in [-0.2, -0.15) is 0 Å². The molecule has 2 saturated heterocycles. The minimum Gasteiger partial charge on any atom is -0.384 e. The highest BCUT2D eigenvalue weighted by Crippen LogP contribution is 2.32. The van der Waals surface area contributed by atoms with E-state index in [1.165, 1.54) is 0 Å². The number of nitrogens with two attached hydrogens (primary N) is 1. The number of likely N-dealkylation sites (tertiary alicyclic amines) is 2. The van der Waals surface area contributed by atoms with E-state index in [4.69, 9.17) is 28.9 Å². The number of anilines is 1. The molecule has 0 bridgehead atoms. The maximum atomic E-state index is 14.0. The molecule has 2 aliphatic rings. The van der Waals surface area contributed by atoms with Gasteiger partial charge in [-0.25, -0.2) is 9.78 Å². The third kappa shape index (κ3) is 5.68. The number of rotatable bonds is 6. The number of nitrogen functional groups attached to an aromatic ring is 1. The summed E-state index contributed by atoms with van der Waals surface area (Å²) in [6.07, 6.45) is 4.97. The predicted octanol–water partition coefficient (Wildman–Crippen LogP) is 5.77. The number of nitrogens with zero attached hydrogens (tertiary/aromatic N) is 5. The lowest BCUT2D eigenvalue weighted by Gasteiger charge is -2.37. The van der Waals surface area contributed by atoms with Gasteiger partial charge in [0.05, 0.1) is 27.1 Å². The largest absolute Gasteiger partial charge is 0.384 e. The Hall–Kier alpha value is -3.33. The number of piperidine rings is 2. The Bertz CT molecular complexity index is 1650. The summed E-state index contributed by atoms with van der Waals surface area (Å²) in [4.78, 5) is 35.9. The van der Waals surface area contributed by atoms with Crippen molar-refractivity contribution in [2.24, 2.45) is 5.92 Å². The molecule has 2 fully saturated rings. The average Bonchev–Trinajstić information content (AvgIpc) is 3.30. The molecular weight excluding hydrogens is 571 g/mol. The van der Waals surface area contributed by atoms with Crippen molar-refractivity contribution in [2.75, 3.05) is 31.9 Å². The van der Waals surface area contributed by atoms with E-state index in [-0.39, 0.29) is 29.6 Å². The van der Waals surface area contributed by atoms with Gasteiger partial charge in [0, 0.05) is 37.8 Å². The van der Waals surface area contributed by atoms with E-state index in [0.29, 0.717) is 29.0 Å². The van der Waals surface area contributed by atoms with Gasteiger partial charge < -0.3 is 10.6 Å². The van der Waals surface area contributed by atoms with Crippen molar-refractivity contribution in [3.63, 3.8) is 0 Å². The van der Waals surface area contributed by atoms with Crippen molar-refractivity contribution in [1.82, 2.24) is 23.9 Å². The van der Waals surface area contributed by atoms with Gasteiger partial charge in [0.1, 0.15) is 5.82 Å². The van der Waals surface area contributed by atoms with E-state index in [1.54, 1.807) is 12.3 Å². The Balaban J connectivity index is 1.12. The minimum atomic E-state index is -0.220. The molecule has 4 aromatic rings. The van der Waals surface area contributed by atoms with Crippen LogP contribution in [-0.2, 0) is 11.3 Å². The predicted molar refractivity (Wildman–Crippen MR) is 168 cm³/mol. The molecule has 0 aliphatic carbocycles. The molecular formula is C32H36Cl2N6O2. The normalized spacial score (nSPS) is 18.0. The van der Waals surface area contributed by atoms with Crippen molar-refractivity contribution >= 4 is 46.0 Å². The van der Waals surface area contributed by atoms with Crippen molar-refractivity contribution < 1.29 is 4.79 Å². The third-order valence-electron chi connectivity index (χ3n) is 8.96. The second-order valence-corrected chi connectivity index (χ2v) is 12.4. The lowest BCUT2D eigenvalue weighted by Crippen LogP contribution is -2.46. The fourth-order valence-electron chi connectivity index (χ4n) is 6.63. The highest BCUT2D eigenvalue weighted by Gasteiger charge is 2.33. The second-order valence-electron chi connectivity index (χ2n) is 11.6. The number of carbonyl (C=O) groups is 1. The number of carbonyl (C=O) groups excluding carboxylic acids is 1. The number of hydrogen-bond donors (Lipinski definition) is 1. The van der Waals surface area contributed by atoms with E-state index >= 15 is 0 Å². The number of halogens is 2. The molecule has 2 aliphatic heterocycles. The first kappa shape index (κ1) is 28.8. The van der Waals surface area contributed by atoms with Crippen molar-refractivity contribution in [2.45, 2.75) is 51.2 Å². The zero-order chi connectivity index (χ0) is 29.4. The van der Waals surface area contributed by atoms with Crippen molar-refractivity contribution in [3.05, 3.63) is 92.5 Å². The van der Waals surface area contributed by atoms with E-state index < -0.39 is 0 Å². The van der Waals surface area contributed by atoms with Crippen LogP contribution in [0.5, 0.6) is 0 Å². The fraction of sp³-hybridized carbons (Fsp3) is 0.406. The fourth-order valence-corrected chi connectivity index (χ4v) is 6.94. The van der Waals surface area contributed by atoms with Gasteiger partial charge in [0.15, 0.2) is 0 Å². The Kier molecular flexibility index (Phi) is 8.30. The van der Waals surface area contributed by atoms with Gasteiger partial charge in [-0.3, -0.25) is 18.8 Å². The highest BCUT2D eigenvalue weighted by atomic mass is 35.5. The van der Waals surface area contributed by atoms with E-state index in [1.807, 2.05) is 69.5 Å². The molecule has 2 N–H and O–H groups in total. The zero-order valence-electron chi connectivity index (χ0n) is 23.8. The number of benzene rings is 2. The van der Waals surface area contributed by atoms with Crippen LogP contribution < -0.4 is 11.4 Å². The molecule has 1 amide bonds. The molecule has 0 saturated carbocycles.